The molecular weight excluding hydrogens is 587 g/mol. The van der Waals surface area contributed by atoms with Crippen LogP contribution < -0.4 is 0 Å². The molecule has 0 unspecified atom stereocenters. The summed E-state index contributed by atoms with van der Waals surface area (Å²) in [4.78, 5) is 6.80. The van der Waals surface area contributed by atoms with Gasteiger partial charge in [-0.1, -0.05) is 111 Å². The van der Waals surface area contributed by atoms with Crippen LogP contribution in [0.15, 0.2) is 72.9 Å². The quantitative estimate of drug-likeness (QED) is 0.210. The Kier molecular flexibility index (Phi) is 7.24. The molecule has 0 aliphatic carbocycles. The molecule has 0 amide bonds. The van der Waals surface area contributed by atoms with Crippen LogP contribution in [0.25, 0.3) is 32.1 Å². The SMILES string of the molecule is CC(C)(C)c1ccc(-c2ccc(C(C)(C)C)cc2-c2c[c-]c(-c3ccccn3)s2)cc1.[Ir]. The molecule has 167 valence electrons. The average Bonchev–Trinajstić information content (AvgIpc) is 3.23. The van der Waals surface area contributed by atoms with E-state index < -0.39 is 0 Å². The zero-order valence-corrected chi connectivity index (χ0v) is 22.8. The second-order valence-corrected chi connectivity index (χ2v) is 11.2. The maximum absolute atomic E-state index is 4.51. The van der Waals surface area contributed by atoms with E-state index in [9.17, 15) is 0 Å². The van der Waals surface area contributed by atoms with Gasteiger partial charge < -0.3 is 4.98 Å². The van der Waals surface area contributed by atoms with Crippen LogP contribution in [-0.2, 0) is 30.9 Å². The van der Waals surface area contributed by atoms with Crippen LogP contribution in [0.5, 0.6) is 0 Å². The van der Waals surface area contributed by atoms with Crippen molar-refractivity contribution in [2.24, 2.45) is 0 Å². The van der Waals surface area contributed by atoms with E-state index in [2.05, 4.69) is 101 Å². The molecule has 32 heavy (non-hydrogen) atoms. The van der Waals surface area contributed by atoms with Gasteiger partial charge in [-0.15, -0.1) is 0 Å². The number of hydrogen-bond donors (Lipinski definition) is 0. The van der Waals surface area contributed by atoms with E-state index in [1.54, 1.807) is 11.3 Å². The Morgan fingerprint density at radius 1 is 0.750 bits per heavy atom. The molecule has 1 radical (unpaired) electrons. The molecule has 4 rings (SSSR count). The number of nitrogens with zero attached hydrogens (tertiary/aromatic N) is 1. The summed E-state index contributed by atoms with van der Waals surface area (Å²) in [6, 6.07) is 27.5. The topological polar surface area (TPSA) is 12.9 Å². The first kappa shape index (κ1) is 24.6. The van der Waals surface area contributed by atoms with Gasteiger partial charge in [0.1, 0.15) is 0 Å². The minimum absolute atomic E-state index is 0. The molecule has 4 aromatic rings. The Morgan fingerprint density at radius 2 is 1.41 bits per heavy atom. The number of hydrogen-bond acceptors (Lipinski definition) is 2. The first-order chi connectivity index (χ1) is 14.6. The van der Waals surface area contributed by atoms with Gasteiger partial charge in [0.2, 0.25) is 0 Å². The normalized spacial score (nSPS) is 11.8. The minimum atomic E-state index is 0. The average molecular weight is 617 g/mol. The largest absolute Gasteiger partial charge is 0.319 e. The summed E-state index contributed by atoms with van der Waals surface area (Å²) in [6.45, 7) is 13.6. The van der Waals surface area contributed by atoms with Crippen molar-refractivity contribution in [1.29, 1.82) is 0 Å². The Morgan fingerprint density at radius 3 is 2.00 bits per heavy atom. The van der Waals surface area contributed by atoms with E-state index >= 15 is 0 Å². The molecular formula is C29H30IrNS-. The first-order valence-corrected chi connectivity index (χ1v) is 11.6. The minimum Gasteiger partial charge on any atom is -0.319 e. The van der Waals surface area contributed by atoms with Gasteiger partial charge in [0.05, 0.1) is 0 Å². The zero-order chi connectivity index (χ0) is 22.2. The van der Waals surface area contributed by atoms with Crippen molar-refractivity contribution in [1.82, 2.24) is 4.98 Å². The third-order valence-electron chi connectivity index (χ3n) is 5.66. The standard InChI is InChI=1S/C29H30NS.Ir/c1-28(2,3)21-12-10-20(11-13-21)23-15-14-22(29(4,5)6)19-24(23)26-16-17-27(31-26)25-9-7-8-18-30-25;/h7-16,18-19H,1-6H3;/q-1;. The molecule has 0 bridgehead atoms. The Bertz CT molecular complexity index is 1180. The summed E-state index contributed by atoms with van der Waals surface area (Å²) in [5.74, 6) is 0. The number of rotatable bonds is 3. The third-order valence-corrected chi connectivity index (χ3v) is 6.75. The summed E-state index contributed by atoms with van der Waals surface area (Å²) in [6.07, 6.45) is 1.84. The Balaban J connectivity index is 0.00000289. The Hall–Kier alpha value is -2.06. The second-order valence-electron chi connectivity index (χ2n) is 10.1. The molecule has 3 heteroatoms. The molecule has 0 aliphatic rings. The van der Waals surface area contributed by atoms with Crippen molar-refractivity contribution < 1.29 is 20.1 Å². The maximum atomic E-state index is 4.51. The Labute approximate surface area is 210 Å². The van der Waals surface area contributed by atoms with Crippen LogP contribution in [0.3, 0.4) is 0 Å². The van der Waals surface area contributed by atoms with Crippen LogP contribution in [0.4, 0.5) is 0 Å². The number of aromatic nitrogens is 1. The number of thiophene rings is 1. The van der Waals surface area contributed by atoms with Gasteiger partial charge in [0.15, 0.2) is 0 Å². The van der Waals surface area contributed by atoms with Gasteiger partial charge in [0, 0.05) is 26.3 Å². The molecule has 0 spiro atoms. The smallest absolute Gasteiger partial charge is 0.0124 e. The molecule has 2 heterocycles. The fourth-order valence-electron chi connectivity index (χ4n) is 3.67. The summed E-state index contributed by atoms with van der Waals surface area (Å²) < 4.78 is 0. The molecule has 0 N–H and O–H groups in total. The van der Waals surface area contributed by atoms with Crippen molar-refractivity contribution in [2.45, 2.75) is 52.4 Å². The number of benzene rings is 2. The van der Waals surface area contributed by atoms with Crippen molar-refractivity contribution >= 4 is 11.3 Å². The molecule has 0 saturated heterocycles. The summed E-state index contributed by atoms with van der Waals surface area (Å²) >= 11 is 1.76. The van der Waals surface area contributed by atoms with Gasteiger partial charge in [0.25, 0.3) is 0 Å². The molecule has 0 fully saturated rings. The van der Waals surface area contributed by atoms with Gasteiger partial charge >= 0.3 is 0 Å². The molecule has 2 aromatic heterocycles. The fraction of sp³-hybridized carbons (Fsp3) is 0.276. The van der Waals surface area contributed by atoms with Crippen LogP contribution >= 0.6 is 11.3 Å². The van der Waals surface area contributed by atoms with E-state index in [4.69, 9.17) is 0 Å². The summed E-state index contributed by atoms with van der Waals surface area (Å²) in [7, 11) is 0. The van der Waals surface area contributed by atoms with E-state index in [0.29, 0.717) is 0 Å². The molecule has 0 atom stereocenters. The summed E-state index contributed by atoms with van der Waals surface area (Å²) in [5, 5.41) is 0. The van der Waals surface area contributed by atoms with Gasteiger partial charge in [-0.3, -0.25) is 0 Å². The predicted molar refractivity (Wildman–Crippen MR) is 135 cm³/mol. The van der Waals surface area contributed by atoms with E-state index in [0.717, 1.165) is 10.6 Å². The molecule has 1 nitrogen and oxygen atoms in total. The first-order valence-electron chi connectivity index (χ1n) is 10.8. The number of pyridine rings is 1. The monoisotopic (exact) mass is 617 g/mol. The maximum Gasteiger partial charge on any atom is 0.0124 e. The van der Waals surface area contributed by atoms with Crippen LogP contribution in [0.1, 0.15) is 52.7 Å². The van der Waals surface area contributed by atoms with E-state index in [-0.39, 0.29) is 30.9 Å². The van der Waals surface area contributed by atoms with Gasteiger partial charge in [-0.2, -0.15) is 12.1 Å². The fourth-order valence-corrected chi connectivity index (χ4v) is 4.63. The van der Waals surface area contributed by atoms with E-state index in [1.807, 2.05) is 24.4 Å². The summed E-state index contributed by atoms with van der Waals surface area (Å²) in [5.41, 5.74) is 7.68. The van der Waals surface area contributed by atoms with Crippen molar-refractivity contribution in [3.05, 3.63) is 90.1 Å². The van der Waals surface area contributed by atoms with Gasteiger partial charge in [-0.05, 0) is 44.8 Å². The molecule has 0 saturated carbocycles. The van der Waals surface area contributed by atoms with Crippen molar-refractivity contribution in [2.75, 3.05) is 0 Å². The van der Waals surface area contributed by atoms with Crippen LogP contribution in [0, 0.1) is 6.07 Å². The van der Waals surface area contributed by atoms with Crippen LogP contribution in [-0.4, -0.2) is 4.98 Å². The van der Waals surface area contributed by atoms with E-state index in [1.165, 1.54) is 32.7 Å². The van der Waals surface area contributed by atoms with Crippen LogP contribution in [0.2, 0.25) is 0 Å². The molecule has 0 aliphatic heterocycles. The molecule has 2 aromatic carbocycles. The van der Waals surface area contributed by atoms with Gasteiger partial charge in [-0.25, -0.2) is 11.3 Å². The van der Waals surface area contributed by atoms with Crippen molar-refractivity contribution in [3.63, 3.8) is 0 Å². The zero-order valence-electron chi connectivity index (χ0n) is 19.6. The predicted octanol–water partition coefficient (Wildman–Crippen LogP) is 8.54. The third kappa shape index (κ3) is 5.29. The second kappa shape index (κ2) is 9.43. The van der Waals surface area contributed by atoms with Crippen molar-refractivity contribution in [3.8, 4) is 32.1 Å².